The molecule has 0 saturated heterocycles. The molecular formula is C20H30N4. The van der Waals surface area contributed by atoms with Gasteiger partial charge in [-0.05, 0) is 49.9 Å². The Bertz CT molecular complexity index is 689. The third kappa shape index (κ3) is 5.84. The normalized spacial score (nSPS) is 10.9. The standard InChI is InChI=1S/C20H30N4/c1-17-9-11-19(21)23(15-17)13-7-5-3-4-6-8-14-24-16-18(2)10-12-20(24)22/h9-12,15-16,21-22H,3-8,13-14H2,1-2H3. The van der Waals surface area contributed by atoms with Gasteiger partial charge in [-0.3, -0.25) is 10.8 Å². The number of aryl methyl sites for hydroxylation is 4. The van der Waals surface area contributed by atoms with Crippen molar-refractivity contribution in [3.05, 3.63) is 58.8 Å². The molecule has 24 heavy (non-hydrogen) atoms. The van der Waals surface area contributed by atoms with Gasteiger partial charge in [-0.25, -0.2) is 0 Å². The zero-order valence-electron chi connectivity index (χ0n) is 15.0. The van der Waals surface area contributed by atoms with Gasteiger partial charge in [-0.1, -0.05) is 37.8 Å². The van der Waals surface area contributed by atoms with E-state index in [9.17, 15) is 0 Å². The Morgan fingerprint density at radius 1 is 0.625 bits per heavy atom. The summed E-state index contributed by atoms with van der Waals surface area (Å²) in [5.74, 6) is 0. The second-order valence-corrected chi connectivity index (χ2v) is 6.69. The van der Waals surface area contributed by atoms with E-state index in [2.05, 4.69) is 26.2 Å². The molecule has 0 unspecified atom stereocenters. The van der Waals surface area contributed by atoms with E-state index < -0.39 is 0 Å². The van der Waals surface area contributed by atoms with Crippen LogP contribution in [0.3, 0.4) is 0 Å². The molecule has 0 spiro atoms. The minimum absolute atomic E-state index is 0.599. The van der Waals surface area contributed by atoms with Crippen LogP contribution in [0.1, 0.15) is 49.7 Å². The Kier molecular flexibility index (Phi) is 7.04. The van der Waals surface area contributed by atoms with Gasteiger partial charge in [0.25, 0.3) is 0 Å². The van der Waals surface area contributed by atoms with Crippen molar-refractivity contribution in [1.82, 2.24) is 9.13 Å². The van der Waals surface area contributed by atoms with Crippen molar-refractivity contribution in [3.63, 3.8) is 0 Å². The average molecular weight is 326 g/mol. The van der Waals surface area contributed by atoms with Crippen LogP contribution in [0.5, 0.6) is 0 Å². The molecule has 0 aliphatic heterocycles. The summed E-state index contributed by atoms with van der Waals surface area (Å²) < 4.78 is 4.08. The van der Waals surface area contributed by atoms with Crippen molar-refractivity contribution >= 4 is 0 Å². The summed E-state index contributed by atoms with van der Waals surface area (Å²) in [4.78, 5) is 0. The van der Waals surface area contributed by atoms with Gasteiger partial charge in [0.1, 0.15) is 11.0 Å². The van der Waals surface area contributed by atoms with Crippen LogP contribution in [0.25, 0.3) is 0 Å². The van der Waals surface area contributed by atoms with Crippen LogP contribution in [0.4, 0.5) is 0 Å². The summed E-state index contributed by atoms with van der Waals surface area (Å²) >= 11 is 0. The molecule has 2 heterocycles. The van der Waals surface area contributed by atoms with E-state index in [-0.39, 0.29) is 0 Å². The Balaban J connectivity index is 1.59. The molecule has 0 aliphatic carbocycles. The molecule has 4 heteroatoms. The molecule has 2 aromatic rings. The molecule has 0 fully saturated rings. The molecule has 0 aromatic carbocycles. The monoisotopic (exact) mass is 326 g/mol. The van der Waals surface area contributed by atoms with Crippen molar-refractivity contribution in [3.8, 4) is 0 Å². The number of hydrogen-bond acceptors (Lipinski definition) is 2. The Labute approximate surface area is 144 Å². The topological polar surface area (TPSA) is 57.6 Å². The molecule has 4 nitrogen and oxygen atoms in total. The van der Waals surface area contributed by atoms with Crippen LogP contribution in [-0.2, 0) is 13.1 Å². The molecule has 2 N–H and O–H groups in total. The lowest BCUT2D eigenvalue weighted by molar-refractivity contribution is 0.517. The number of nitrogens with one attached hydrogen (secondary N) is 2. The fourth-order valence-electron chi connectivity index (χ4n) is 2.97. The first-order valence-electron chi connectivity index (χ1n) is 8.99. The van der Waals surface area contributed by atoms with Crippen LogP contribution < -0.4 is 11.0 Å². The van der Waals surface area contributed by atoms with Gasteiger partial charge in [0.15, 0.2) is 0 Å². The smallest absolute Gasteiger partial charge is 0.124 e. The number of nitrogens with zero attached hydrogens (tertiary/aromatic N) is 2. The molecule has 0 radical (unpaired) electrons. The van der Waals surface area contributed by atoms with Crippen LogP contribution >= 0.6 is 0 Å². The fourth-order valence-corrected chi connectivity index (χ4v) is 2.97. The van der Waals surface area contributed by atoms with Crippen molar-refractivity contribution < 1.29 is 0 Å². The summed E-state index contributed by atoms with van der Waals surface area (Å²) in [6.07, 6.45) is 11.4. The number of rotatable bonds is 9. The highest BCUT2D eigenvalue weighted by Gasteiger charge is 1.97. The first-order valence-corrected chi connectivity index (χ1v) is 8.99. The van der Waals surface area contributed by atoms with Gasteiger partial charge in [0.05, 0.1) is 0 Å². The molecule has 0 atom stereocenters. The second-order valence-electron chi connectivity index (χ2n) is 6.69. The van der Waals surface area contributed by atoms with Gasteiger partial charge in [0, 0.05) is 25.5 Å². The average Bonchev–Trinajstić information content (AvgIpc) is 2.56. The summed E-state index contributed by atoms with van der Waals surface area (Å²) in [7, 11) is 0. The SMILES string of the molecule is Cc1ccc(=N)n(CCCCCCCCn2cc(C)ccc2=N)c1. The van der Waals surface area contributed by atoms with E-state index in [4.69, 9.17) is 10.8 Å². The molecule has 2 aromatic heterocycles. The highest BCUT2D eigenvalue weighted by molar-refractivity contribution is 5.06. The predicted octanol–water partition coefficient (Wildman–Crippen LogP) is 3.91. The summed E-state index contributed by atoms with van der Waals surface area (Å²) in [6.45, 7) is 6.04. The van der Waals surface area contributed by atoms with Crippen LogP contribution in [-0.4, -0.2) is 9.13 Å². The van der Waals surface area contributed by atoms with Gasteiger partial charge in [0.2, 0.25) is 0 Å². The number of pyridine rings is 2. The van der Waals surface area contributed by atoms with Crippen LogP contribution in [0.2, 0.25) is 0 Å². The Hall–Kier alpha value is -2.10. The van der Waals surface area contributed by atoms with E-state index in [1.54, 1.807) is 0 Å². The van der Waals surface area contributed by atoms with Crippen molar-refractivity contribution in [2.45, 2.75) is 65.5 Å². The van der Waals surface area contributed by atoms with E-state index in [1.807, 2.05) is 33.4 Å². The quantitative estimate of drug-likeness (QED) is 0.657. The van der Waals surface area contributed by atoms with Crippen molar-refractivity contribution in [1.29, 1.82) is 10.8 Å². The lowest BCUT2D eigenvalue weighted by atomic mass is 10.1. The molecular weight excluding hydrogens is 296 g/mol. The number of unbranched alkanes of at least 4 members (excludes halogenated alkanes) is 5. The van der Waals surface area contributed by atoms with Gasteiger partial charge in [-0.2, -0.15) is 0 Å². The third-order valence-electron chi connectivity index (χ3n) is 4.39. The van der Waals surface area contributed by atoms with Crippen LogP contribution in [0, 0.1) is 24.7 Å². The first kappa shape index (κ1) is 18.2. The Morgan fingerprint density at radius 3 is 1.42 bits per heavy atom. The van der Waals surface area contributed by atoms with Crippen LogP contribution in [0.15, 0.2) is 36.7 Å². The highest BCUT2D eigenvalue weighted by atomic mass is 15.0. The largest absolute Gasteiger partial charge is 0.333 e. The predicted molar refractivity (Wildman–Crippen MR) is 97.7 cm³/mol. The highest BCUT2D eigenvalue weighted by Crippen LogP contribution is 2.07. The lowest BCUT2D eigenvalue weighted by Gasteiger charge is -2.09. The summed E-state index contributed by atoms with van der Waals surface area (Å²) in [5, 5.41) is 15.8. The molecule has 130 valence electrons. The molecule has 2 rings (SSSR count). The maximum Gasteiger partial charge on any atom is 0.124 e. The zero-order chi connectivity index (χ0) is 17.4. The van der Waals surface area contributed by atoms with E-state index in [0.717, 1.165) is 25.9 Å². The van der Waals surface area contributed by atoms with Gasteiger partial charge >= 0.3 is 0 Å². The van der Waals surface area contributed by atoms with E-state index in [1.165, 1.54) is 36.8 Å². The molecule has 0 saturated carbocycles. The van der Waals surface area contributed by atoms with Crippen molar-refractivity contribution in [2.75, 3.05) is 0 Å². The minimum atomic E-state index is 0.599. The molecule has 0 aliphatic rings. The second kappa shape index (κ2) is 9.26. The zero-order valence-corrected chi connectivity index (χ0v) is 15.0. The lowest BCUT2D eigenvalue weighted by Crippen LogP contribution is -2.19. The summed E-state index contributed by atoms with van der Waals surface area (Å²) in [6, 6.07) is 7.73. The number of hydrogen-bond donors (Lipinski definition) is 2. The summed E-state index contributed by atoms with van der Waals surface area (Å²) in [5.41, 5.74) is 3.63. The van der Waals surface area contributed by atoms with Gasteiger partial charge < -0.3 is 9.13 Å². The first-order chi connectivity index (χ1) is 11.6. The number of aromatic nitrogens is 2. The van der Waals surface area contributed by atoms with Gasteiger partial charge in [-0.15, -0.1) is 0 Å². The maximum absolute atomic E-state index is 7.90. The van der Waals surface area contributed by atoms with E-state index in [0.29, 0.717) is 11.0 Å². The fraction of sp³-hybridized carbons (Fsp3) is 0.500. The van der Waals surface area contributed by atoms with Crippen molar-refractivity contribution in [2.24, 2.45) is 0 Å². The minimum Gasteiger partial charge on any atom is -0.333 e. The van der Waals surface area contributed by atoms with E-state index >= 15 is 0 Å². The Morgan fingerprint density at radius 2 is 1.00 bits per heavy atom. The third-order valence-corrected chi connectivity index (χ3v) is 4.39. The maximum atomic E-state index is 7.90. The molecule has 0 amide bonds. The molecule has 0 bridgehead atoms.